The third-order valence-electron chi connectivity index (χ3n) is 2.97. The maximum atomic E-state index is 2.28. The SMILES string of the molecule is C/C=C\C=C/C/C=C\C=C/C(C)(C)C(C)C. The van der Waals surface area contributed by atoms with Gasteiger partial charge >= 0.3 is 0 Å². The summed E-state index contributed by atoms with van der Waals surface area (Å²) >= 11 is 0. The van der Waals surface area contributed by atoms with Gasteiger partial charge in [0.15, 0.2) is 0 Å². The van der Waals surface area contributed by atoms with Crippen molar-refractivity contribution in [2.45, 2.75) is 41.0 Å². The van der Waals surface area contributed by atoms with Crippen LogP contribution >= 0.6 is 0 Å². The Morgan fingerprint density at radius 1 is 0.938 bits per heavy atom. The molecule has 0 spiro atoms. The van der Waals surface area contributed by atoms with Crippen LogP contribution in [-0.2, 0) is 0 Å². The molecular formula is C16H26. The molecule has 16 heavy (non-hydrogen) atoms. The van der Waals surface area contributed by atoms with Crippen LogP contribution in [0.4, 0.5) is 0 Å². The van der Waals surface area contributed by atoms with E-state index in [0.29, 0.717) is 5.92 Å². The lowest BCUT2D eigenvalue weighted by Crippen LogP contribution is -2.15. The molecule has 0 atom stereocenters. The highest BCUT2D eigenvalue weighted by atomic mass is 14.2. The van der Waals surface area contributed by atoms with Crippen molar-refractivity contribution in [1.29, 1.82) is 0 Å². The highest BCUT2D eigenvalue weighted by Crippen LogP contribution is 2.27. The van der Waals surface area contributed by atoms with Gasteiger partial charge in [-0.2, -0.15) is 0 Å². The third kappa shape index (κ3) is 7.28. The average Bonchev–Trinajstić information content (AvgIpc) is 2.21. The summed E-state index contributed by atoms with van der Waals surface area (Å²) in [7, 11) is 0. The van der Waals surface area contributed by atoms with E-state index in [2.05, 4.69) is 64.2 Å². The summed E-state index contributed by atoms with van der Waals surface area (Å²) in [6.07, 6.45) is 18.0. The first-order valence-corrected chi connectivity index (χ1v) is 6.13. The Morgan fingerprint density at radius 2 is 1.50 bits per heavy atom. The minimum Gasteiger partial charge on any atom is -0.0877 e. The quantitative estimate of drug-likeness (QED) is 0.530. The molecule has 0 amide bonds. The summed E-state index contributed by atoms with van der Waals surface area (Å²) in [5, 5.41) is 0. The monoisotopic (exact) mass is 218 g/mol. The molecule has 0 bridgehead atoms. The van der Waals surface area contributed by atoms with Crippen LogP contribution in [0, 0.1) is 11.3 Å². The molecule has 0 nitrogen and oxygen atoms in total. The van der Waals surface area contributed by atoms with Crippen LogP contribution < -0.4 is 0 Å². The summed E-state index contributed by atoms with van der Waals surface area (Å²) in [6.45, 7) is 11.1. The summed E-state index contributed by atoms with van der Waals surface area (Å²) < 4.78 is 0. The molecule has 0 N–H and O–H groups in total. The Balaban J connectivity index is 3.96. The van der Waals surface area contributed by atoms with E-state index in [-0.39, 0.29) is 5.41 Å². The Kier molecular flexibility index (Phi) is 7.62. The second kappa shape index (κ2) is 8.15. The molecule has 0 saturated carbocycles. The molecule has 0 heteroatoms. The number of hydrogen-bond donors (Lipinski definition) is 0. The molecule has 0 aromatic heterocycles. The Bertz CT molecular complexity index is 272. The van der Waals surface area contributed by atoms with Crippen molar-refractivity contribution in [3.8, 4) is 0 Å². The second-order valence-corrected chi connectivity index (χ2v) is 4.95. The first-order chi connectivity index (χ1) is 7.50. The summed E-state index contributed by atoms with van der Waals surface area (Å²) in [5.41, 5.74) is 0.283. The predicted octanol–water partition coefficient (Wildman–Crippen LogP) is 5.30. The molecular weight excluding hydrogens is 192 g/mol. The number of rotatable bonds is 6. The van der Waals surface area contributed by atoms with E-state index < -0.39 is 0 Å². The molecule has 0 aliphatic rings. The molecule has 0 aliphatic heterocycles. The van der Waals surface area contributed by atoms with Gasteiger partial charge in [-0.3, -0.25) is 0 Å². The van der Waals surface area contributed by atoms with Gasteiger partial charge in [-0.1, -0.05) is 76.3 Å². The van der Waals surface area contributed by atoms with Crippen molar-refractivity contribution in [2.75, 3.05) is 0 Å². The van der Waals surface area contributed by atoms with E-state index in [1.54, 1.807) is 0 Å². The zero-order valence-electron chi connectivity index (χ0n) is 11.4. The van der Waals surface area contributed by atoms with Crippen LogP contribution in [0.5, 0.6) is 0 Å². The Labute approximate surface area is 101 Å². The largest absolute Gasteiger partial charge is 0.0877 e. The predicted molar refractivity (Wildman–Crippen MR) is 75.5 cm³/mol. The number of hydrogen-bond acceptors (Lipinski definition) is 0. The minimum atomic E-state index is 0.283. The molecule has 0 heterocycles. The minimum absolute atomic E-state index is 0.283. The molecule has 0 unspecified atom stereocenters. The molecule has 0 radical (unpaired) electrons. The average molecular weight is 218 g/mol. The second-order valence-electron chi connectivity index (χ2n) is 4.95. The van der Waals surface area contributed by atoms with Gasteiger partial charge in [-0.25, -0.2) is 0 Å². The van der Waals surface area contributed by atoms with Crippen LogP contribution in [-0.4, -0.2) is 0 Å². The van der Waals surface area contributed by atoms with Crippen molar-refractivity contribution >= 4 is 0 Å². The van der Waals surface area contributed by atoms with Gasteiger partial charge in [-0.05, 0) is 24.7 Å². The van der Waals surface area contributed by atoms with Crippen molar-refractivity contribution in [1.82, 2.24) is 0 Å². The van der Waals surface area contributed by atoms with Crippen LogP contribution in [0.15, 0.2) is 48.6 Å². The normalized spacial score (nSPS) is 14.4. The summed E-state index contributed by atoms with van der Waals surface area (Å²) in [5.74, 6) is 0.673. The van der Waals surface area contributed by atoms with Crippen LogP contribution in [0.2, 0.25) is 0 Å². The van der Waals surface area contributed by atoms with Crippen molar-refractivity contribution in [3.63, 3.8) is 0 Å². The highest BCUT2D eigenvalue weighted by molar-refractivity contribution is 5.10. The molecule has 0 aliphatic carbocycles. The van der Waals surface area contributed by atoms with Crippen molar-refractivity contribution < 1.29 is 0 Å². The standard InChI is InChI=1S/C16H26/c1-6-7-8-9-10-11-12-13-14-16(4,5)15(2)3/h6-9,11-15H,10H2,1-5H3/b7-6-,9-8-,12-11-,14-13-. The molecule has 0 rings (SSSR count). The topological polar surface area (TPSA) is 0 Å². The van der Waals surface area contributed by atoms with Crippen LogP contribution in [0.1, 0.15) is 41.0 Å². The van der Waals surface area contributed by atoms with E-state index in [9.17, 15) is 0 Å². The zero-order chi connectivity index (χ0) is 12.4. The fourth-order valence-electron chi connectivity index (χ4n) is 1.000. The van der Waals surface area contributed by atoms with Crippen molar-refractivity contribution in [2.24, 2.45) is 11.3 Å². The van der Waals surface area contributed by atoms with E-state index >= 15 is 0 Å². The zero-order valence-corrected chi connectivity index (χ0v) is 11.4. The summed E-state index contributed by atoms with van der Waals surface area (Å²) in [6, 6.07) is 0. The molecule has 0 aromatic carbocycles. The molecule has 0 fully saturated rings. The lowest BCUT2D eigenvalue weighted by molar-refractivity contribution is 0.333. The highest BCUT2D eigenvalue weighted by Gasteiger charge is 2.17. The van der Waals surface area contributed by atoms with E-state index in [4.69, 9.17) is 0 Å². The number of allylic oxidation sites excluding steroid dienone is 8. The van der Waals surface area contributed by atoms with Gasteiger partial charge < -0.3 is 0 Å². The lowest BCUT2D eigenvalue weighted by Gasteiger charge is -2.24. The maximum Gasteiger partial charge on any atom is -0.0149 e. The fraction of sp³-hybridized carbons (Fsp3) is 0.500. The van der Waals surface area contributed by atoms with E-state index in [0.717, 1.165) is 6.42 Å². The van der Waals surface area contributed by atoms with Crippen molar-refractivity contribution in [3.05, 3.63) is 48.6 Å². The van der Waals surface area contributed by atoms with Gasteiger partial charge in [0.1, 0.15) is 0 Å². The van der Waals surface area contributed by atoms with Crippen LogP contribution in [0.3, 0.4) is 0 Å². The van der Waals surface area contributed by atoms with Crippen LogP contribution in [0.25, 0.3) is 0 Å². The first kappa shape index (κ1) is 15.0. The van der Waals surface area contributed by atoms with E-state index in [1.807, 2.05) is 19.1 Å². The molecule has 0 saturated heterocycles. The Hall–Kier alpha value is -1.04. The third-order valence-corrected chi connectivity index (χ3v) is 2.97. The Morgan fingerprint density at radius 3 is 2.00 bits per heavy atom. The van der Waals surface area contributed by atoms with Gasteiger partial charge in [0, 0.05) is 0 Å². The van der Waals surface area contributed by atoms with Gasteiger partial charge in [0.05, 0.1) is 0 Å². The van der Waals surface area contributed by atoms with E-state index in [1.165, 1.54) is 0 Å². The first-order valence-electron chi connectivity index (χ1n) is 6.13. The smallest absolute Gasteiger partial charge is 0.0149 e. The van der Waals surface area contributed by atoms with Gasteiger partial charge in [0.25, 0.3) is 0 Å². The molecule has 90 valence electrons. The summed E-state index contributed by atoms with van der Waals surface area (Å²) in [4.78, 5) is 0. The molecule has 0 aromatic rings. The maximum absolute atomic E-state index is 2.28. The lowest BCUT2D eigenvalue weighted by atomic mass is 9.81. The van der Waals surface area contributed by atoms with Gasteiger partial charge in [-0.15, -0.1) is 0 Å². The fourth-order valence-corrected chi connectivity index (χ4v) is 1.000. The van der Waals surface area contributed by atoms with Gasteiger partial charge in [0.2, 0.25) is 0 Å².